The standard InChI is InChI=1S/C12H16N2O3/c1-6(2)12(17)14-5-3-4-7(14)8-9(13)11(16)10(8)15/h6-7H,3-5,13H2,1-2H3. The van der Waals surface area contributed by atoms with E-state index in [0.29, 0.717) is 18.5 Å². The van der Waals surface area contributed by atoms with Crippen LogP contribution < -0.4 is 16.6 Å². The number of likely N-dealkylation sites (tertiary alicyclic amines) is 1. The van der Waals surface area contributed by atoms with Gasteiger partial charge < -0.3 is 10.6 Å². The third kappa shape index (κ3) is 1.66. The van der Waals surface area contributed by atoms with E-state index in [4.69, 9.17) is 5.73 Å². The highest BCUT2D eigenvalue weighted by Crippen LogP contribution is 2.33. The molecule has 1 aliphatic heterocycles. The van der Waals surface area contributed by atoms with Gasteiger partial charge in [0.2, 0.25) is 16.8 Å². The normalized spacial score (nSPS) is 20.4. The number of nitrogens with zero attached hydrogens (tertiary/aromatic N) is 1. The number of anilines is 1. The highest BCUT2D eigenvalue weighted by molar-refractivity contribution is 5.79. The van der Waals surface area contributed by atoms with E-state index in [1.165, 1.54) is 0 Å². The second-order valence-corrected chi connectivity index (χ2v) is 4.83. The molecule has 0 bridgehead atoms. The molecule has 1 fully saturated rings. The first-order chi connectivity index (χ1) is 7.95. The van der Waals surface area contributed by atoms with Crippen molar-refractivity contribution in [2.75, 3.05) is 12.3 Å². The summed E-state index contributed by atoms with van der Waals surface area (Å²) < 4.78 is 0. The molecule has 1 unspecified atom stereocenters. The first-order valence-electron chi connectivity index (χ1n) is 5.84. The van der Waals surface area contributed by atoms with Gasteiger partial charge in [0.05, 0.1) is 17.3 Å². The summed E-state index contributed by atoms with van der Waals surface area (Å²) >= 11 is 0. The average molecular weight is 236 g/mol. The van der Waals surface area contributed by atoms with Crippen LogP contribution in [0.3, 0.4) is 0 Å². The molecule has 2 N–H and O–H groups in total. The minimum absolute atomic E-state index is 0.0138. The SMILES string of the molecule is CC(C)C(=O)N1CCCC1c1c(N)c(=O)c1=O. The molecule has 0 saturated carbocycles. The lowest BCUT2D eigenvalue weighted by Gasteiger charge is -2.27. The monoisotopic (exact) mass is 236 g/mol. The van der Waals surface area contributed by atoms with Gasteiger partial charge in [-0.05, 0) is 12.8 Å². The predicted octanol–water partition coefficient (Wildman–Crippen LogP) is 0.184. The Morgan fingerprint density at radius 3 is 2.53 bits per heavy atom. The van der Waals surface area contributed by atoms with Gasteiger partial charge in [0.15, 0.2) is 0 Å². The molecule has 2 rings (SSSR count). The third-order valence-electron chi connectivity index (χ3n) is 3.35. The zero-order valence-corrected chi connectivity index (χ0v) is 10.0. The van der Waals surface area contributed by atoms with Crippen LogP contribution in [0.5, 0.6) is 0 Å². The van der Waals surface area contributed by atoms with Crippen LogP contribution in [0.1, 0.15) is 38.3 Å². The summed E-state index contributed by atoms with van der Waals surface area (Å²) in [5.74, 6) is -0.0942. The van der Waals surface area contributed by atoms with Gasteiger partial charge >= 0.3 is 0 Å². The largest absolute Gasteiger partial charge is 0.395 e. The Labute approximate surface area is 98.9 Å². The van der Waals surface area contributed by atoms with E-state index >= 15 is 0 Å². The van der Waals surface area contributed by atoms with Crippen molar-refractivity contribution in [2.24, 2.45) is 5.92 Å². The van der Waals surface area contributed by atoms with Crippen LogP contribution in [0.15, 0.2) is 9.59 Å². The van der Waals surface area contributed by atoms with Gasteiger partial charge in [-0.2, -0.15) is 0 Å². The van der Waals surface area contributed by atoms with Crippen LogP contribution in [-0.2, 0) is 4.79 Å². The van der Waals surface area contributed by atoms with Crippen LogP contribution in [0.25, 0.3) is 0 Å². The minimum atomic E-state index is -0.608. The maximum atomic E-state index is 12.0. The Balaban J connectivity index is 2.31. The maximum Gasteiger partial charge on any atom is 0.249 e. The van der Waals surface area contributed by atoms with Crippen molar-refractivity contribution < 1.29 is 4.79 Å². The number of hydrogen-bond donors (Lipinski definition) is 1. The van der Waals surface area contributed by atoms with Crippen molar-refractivity contribution in [2.45, 2.75) is 32.7 Å². The summed E-state index contributed by atoms with van der Waals surface area (Å²) in [4.78, 5) is 36.2. The molecule has 0 spiro atoms. The smallest absolute Gasteiger partial charge is 0.249 e. The zero-order valence-electron chi connectivity index (χ0n) is 10.0. The van der Waals surface area contributed by atoms with Gasteiger partial charge in [-0.25, -0.2) is 0 Å². The second kappa shape index (κ2) is 3.98. The summed E-state index contributed by atoms with van der Waals surface area (Å²) in [6.07, 6.45) is 1.56. The Morgan fingerprint density at radius 2 is 2.00 bits per heavy atom. The second-order valence-electron chi connectivity index (χ2n) is 4.83. The van der Waals surface area contributed by atoms with Crippen LogP contribution in [0.4, 0.5) is 5.69 Å². The van der Waals surface area contributed by atoms with Crippen molar-refractivity contribution in [3.8, 4) is 0 Å². The lowest BCUT2D eigenvalue weighted by atomic mass is 9.97. The molecule has 0 aromatic heterocycles. The van der Waals surface area contributed by atoms with Gasteiger partial charge in [0.1, 0.15) is 0 Å². The fraction of sp³-hybridized carbons (Fsp3) is 0.583. The number of carbonyl (C=O) groups is 1. The number of nitrogens with two attached hydrogens (primary N) is 1. The predicted molar refractivity (Wildman–Crippen MR) is 64.3 cm³/mol. The van der Waals surface area contributed by atoms with E-state index in [0.717, 1.165) is 6.42 Å². The van der Waals surface area contributed by atoms with E-state index < -0.39 is 10.9 Å². The fourth-order valence-corrected chi connectivity index (χ4v) is 2.42. The Kier molecular flexibility index (Phi) is 2.77. The first-order valence-corrected chi connectivity index (χ1v) is 5.84. The lowest BCUT2D eigenvalue weighted by molar-refractivity contribution is -0.135. The quantitative estimate of drug-likeness (QED) is 0.743. The van der Waals surface area contributed by atoms with Crippen molar-refractivity contribution in [3.63, 3.8) is 0 Å². The Hall–Kier alpha value is -1.65. The Morgan fingerprint density at radius 1 is 1.35 bits per heavy atom. The van der Waals surface area contributed by atoms with Crippen molar-refractivity contribution in [1.82, 2.24) is 4.90 Å². The van der Waals surface area contributed by atoms with E-state index in [2.05, 4.69) is 0 Å². The number of nitrogen functional groups attached to an aromatic ring is 1. The maximum absolute atomic E-state index is 12.0. The summed E-state index contributed by atoms with van der Waals surface area (Å²) in [7, 11) is 0. The summed E-state index contributed by atoms with van der Waals surface area (Å²) in [5.41, 5.74) is 4.81. The molecule has 1 heterocycles. The average Bonchev–Trinajstić information content (AvgIpc) is 2.76. The number of rotatable bonds is 2. The van der Waals surface area contributed by atoms with Crippen molar-refractivity contribution >= 4 is 11.6 Å². The first kappa shape index (κ1) is 11.8. The molecule has 1 atom stereocenters. The highest BCUT2D eigenvalue weighted by Gasteiger charge is 2.36. The molecular formula is C12H16N2O3. The Bertz CT molecular complexity index is 526. The van der Waals surface area contributed by atoms with E-state index in [-0.39, 0.29) is 23.6 Å². The van der Waals surface area contributed by atoms with Crippen molar-refractivity contribution in [1.29, 1.82) is 0 Å². The molecule has 17 heavy (non-hydrogen) atoms. The van der Waals surface area contributed by atoms with Gasteiger partial charge in [0.25, 0.3) is 0 Å². The molecule has 1 aromatic carbocycles. The summed E-state index contributed by atoms with van der Waals surface area (Å²) in [6, 6.07) is -0.282. The van der Waals surface area contributed by atoms with Crippen LogP contribution in [-0.4, -0.2) is 17.4 Å². The van der Waals surface area contributed by atoms with Crippen LogP contribution >= 0.6 is 0 Å². The molecule has 5 heteroatoms. The number of hydrogen-bond acceptors (Lipinski definition) is 4. The highest BCUT2D eigenvalue weighted by atomic mass is 16.2. The number of carbonyl (C=O) groups excluding carboxylic acids is 1. The molecule has 1 saturated heterocycles. The fourth-order valence-electron chi connectivity index (χ4n) is 2.42. The van der Waals surface area contributed by atoms with E-state index in [1.807, 2.05) is 13.8 Å². The van der Waals surface area contributed by atoms with E-state index in [1.54, 1.807) is 4.90 Å². The molecule has 0 radical (unpaired) electrons. The van der Waals surface area contributed by atoms with Crippen LogP contribution in [0.2, 0.25) is 0 Å². The van der Waals surface area contributed by atoms with Gasteiger partial charge in [-0.1, -0.05) is 13.8 Å². The minimum Gasteiger partial charge on any atom is -0.395 e. The zero-order chi connectivity index (χ0) is 12.7. The summed E-state index contributed by atoms with van der Waals surface area (Å²) in [6.45, 7) is 4.28. The molecule has 5 nitrogen and oxygen atoms in total. The molecule has 1 aromatic rings. The topological polar surface area (TPSA) is 80.5 Å². The van der Waals surface area contributed by atoms with Crippen LogP contribution in [0, 0.1) is 5.92 Å². The molecule has 1 aliphatic rings. The van der Waals surface area contributed by atoms with Gasteiger partial charge in [-0.15, -0.1) is 0 Å². The summed E-state index contributed by atoms with van der Waals surface area (Å²) in [5, 5.41) is 0. The van der Waals surface area contributed by atoms with Gasteiger partial charge in [-0.3, -0.25) is 14.4 Å². The lowest BCUT2D eigenvalue weighted by Crippen LogP contribution is -2.44. The van der Waals surface area contributed by atoms with Gasteiger partial charge in [0, 0.05) is 12.5 Å². The molecular weight excluding hydrogens is 220 g/mol. The third-order valence-corrected chi connectivity index (χ3v) is 3.35. The van der Waals surface area contributed by atoms with Crippen molar-refractivity contribution in [3.05, 3.63) is 26.0 Å². The molecule has 1 amide bonds. The molecule has 92 valence electrons. The number of amides is 1. The molecule has 0 aliphatic carbocycles. The van der Waals surface area contributed by atoms with E-state index in [9.17, 15) is 14.4 Å².